The summed E-state index contributed by atoms with van der Waals surface area (Å²) in [7, 11) is -4.53. The summed E-state index contributed by atoms with van der Waals surface area (Å²) in [5.41, 5.74) is 3.57. The molecule has 1 saturated heterocycles. The summed E-state index contributed by atoms with van der Waals surface area (Å²) in [6.07, 6.45) is 2.85. The minimum absolute atomic E-state index is 0.0529. The maximum atomic E-state index is 12.9. The van der Waals surface area contributed by atoms with Crippen LogP contribution in [-0.4, -0.2) is 49.4 Å². The SMILES string of the molecule is C/C(=C\c1ccc(O)c2ccccc12)CC[C@H]1OB(O)C[C@H]2C1=C(COc1ccccc1)CS2(=O)=O. The Hall–Kier alpha value is -3.07. The summed E-state index contributed by atoms with van der Waals surface area (Å²) in [5, 5.41) is 21.5. The number of fused-ring (bicyclic) bond motifs is 2. The van der Waals surface area contributed by atoms with E-state index in [1.165, 1.54) is 0 Å². The minimum atomic E-state index is -3.41. The van der Waals surface area contributed by atoms with Crippen molar-refractivity contribution in [3.05, 3.63) is 89.0 Å². The second-order valence-corrected chi connectivity index (χ2v) is 11.7. The van der Waals surface area contributed by atoms with Crippen molar-refractivity contribution >= 4 is 33.8 Å². The summed E-state index contributed by atoms with van der Waals surface area (Å²) >= 11 is 0. The Kier molecular flexibility index (Phi) is 6.93. The second-order valence-electron chi connectivity index (χ2n) is 9.52. The van der Waals surface area contributed by atoms with Crippen LogP contribution < -0.4 is 4.74 Å². The molecule has 0 aromatic heterocycles. The maximum Gasteiger partial charge on any atom is 0.456 e. The van der Waals surface area contributed by atoms with Crippen molar-refractivity contribution in [2.45, 2.75) is 37.4 Å². The fourth-order valence-electron chi connectivity index (χ4n) is 5.22. The van der Waals surface area contributed by atoms with E-state index in [0.29, 0.717) is 18.6 Å². The predicted octanol–water partition coefficient (Wildman–Crippen LogP) is 4.78. The first-order valence-corrected chi connectivity index (χ1v) is 13.9. The van der Waals surface area contributed by atoms with Crippen molar-refractivity contribution < 1.29 is 27.9 Å². The Labute approximate surface area is 211 Å². The van der Waals surface area contributed by atoms with Gasteiger partial charge in [-0.15, -0.1) is 0 Å². The number of allylic oxidation sites excluding steroid dienone is 1. The number of hydrogen-bond donors (Lipinski definition) is 2. The number of rotatable bonds is 7. The predicted molar refractivity (Wildman–Crippen MR) is 143 cm³/mol. The zero-order chi connectivity index (χ0) is 25.3. The van der Waals surface area contributed by atoms with Crippen LogP contribution in [0.15, 0.2) is 83.4 Å². The minimum Gasteiger partial charge on any atom is -0.507 e. The number of benzene rings is 3. The molecule has 36 heavy (non-hydrogen) atoms. The highest BCUT2D eigenvalue weighted by molar-refractivity contribution is 7.92. The van der Waals surface area contributed by atoms with Crippen molar-refractivity contribution in [2.24, 2.45) is 0 Å². The molecule has 0 aliphatic carbocycles. The molecule has 2 heterocycles. The highest BCUT2D eigenvalue weighted by atomic mass is 32.2. The Bertz CT molecular complexity index is 1430. The fourth-order valence-corrected chi connectivity index (χ4v) is 7.32. The smallest absolute Gasteiger partial charge is 0.456 e. The number of aromatic hydroxyl groups is 1. The lowest BCUT2D eigenvalue weighted by atomic mass is 9.74. The van der Waals surface area contributed by atoms with Crippen LogP contribution >= 0.6 is 0 Å². The van der Waals surface area contributed by atoms with Crippen LogP contribution in [0.3, 0.4) is 0 Å². The zero-order valence-electron chi connectivity index (χ0n) is 20.1. The number of ether oxygens (including phenoxy) is 1. The summed E-state index contributed by atoms with van der Waals surface area (Å²) < 4.78 is 37.7. The van der Waals surface area contributed by atoms with Gasteiger partial charge in [0.15, 0.2) is 9.84 Å². The Morgan fingerprint density at radius 2 is 1.81 bits per heavy atom. The molecule has 5 rings (SSSR count). The van der Waals surface area contributed by atoms with Crippen molar-refractivity contribution in [3.8, 4) is 11.5 Å². The molecule has 3 aromatic carbocycles. The highest BCUT2D eigenvalue weighted by Crippen LogP contribution is 2.40. The molecule has 2 aliphatic heterocycles. The van der Waals surface area contributed by atoms with Gasteiger partial charge in [0.1, 0.15) is 18.1 Å². The van der Waals surface area contributed by atoms with Crippen molar-refractivity contribution in [2.75, 3.05) is 12.4 Å². The second kappa shape index (κ2) is 10.1. The zero-order valence-corrected chi connectivity index (χ0v) is 20.9. The quantitative estimate of drug-likeness (QED) is 0.356. The number of para-hydroxylation sites is 1. The monoisotopic (exact) mass is 504 g/mol. The molecule has 1 fully saturated rings. The van der Waals surface area contributed by atoms with Crippen LogP contribution in [0.25, 0.3) is 16.8 Å². The molecule has 0 radical (unpaired) electrons. The molecule has 0 amide bonds. The molecule has 2 atom stereocenters. The first-order chi connectivity index (χ1) is 17.3. The molecule has 186 valence electrons. The van der Waals surface area contributed by atoms with Crippen molar-refractivity contribution in [1.82, 2.24) is 0 Å². The van der Waals surface area contributed by atoms with Gasteiger partial charge in [0.05, 0.1) is 17.1 Å². The van der Waals surface area contributed by atoms with Gasteiger partial charge in [-0.1, -0.05) is 60.2 Å². The molecular formula is C28H29BO6S. The fraction of sp³-hybridized carbons (Fsp3) is 0.286. The van der Waals surface area contributed by atoms with Gasteiger partial charge in [0.25, 0.3) is 0 Å². The number of phenols is 1. The molecule has 3 aromatic rings. The van der Waals surface area contributed by atoms with Gasteiger partial charge >= 0.3 is 7.12 Å². The third-order valence-electron chi connectivity index (χ3n) is 6.94. The maximum absolute atomic E-state index is 12.9. The third kappa shape index (κ3) is 5.07. The van der Waals surface area contributed by atoms with E-state index in [4.69, 9.17) is 9.39 Å². The number of hydrogen-bond acceptors (Lipinski definition) is 6. The molecule has 8 heteroatoms. The van der Waals surface area contributed by atoms with Crippen LogP contribution in [0, 0.1) is 0 Å². The largest absolute Gasteiger partial charge is 0.507 e. The van der Waals surface area contributed by atoms with Crippen LogP contribution in [0.2, 0.25) is 6.32 Å². The first kappa shape index (κ1) is 24.6. The molecule has 0 saturated carbocycles. The van der Waals surface area contributed by atoms with Crippen molar-refractivity contribution in [3.63, 3.8) is 0 Å². The third-order valence-corrected chi connectivity index (χ3v) is 9.01. The lowest BCUT2D eigenvalue weighted by Crippen LogP contribution is -2.42. The molecule has 2 N–H and O–H groups in total. The van der Waals surface area contributed by atoms with E-state index in [1.54, 1.807) is 6.07 Å². The van der Waals surface area contributed by atoms with Gasteiger partial charge in [-0.05, 0) is 60.1 Å². The van der Waals surface area contributed by atoms with E-state index in [0.717, 1.165) is 33.1 Å². The summed E-state index contributed by atoms with van der Waals surface area (Å²) in [6.45, 7) is 2.21. The normalized spacial score (nSPS) is 21.6. The molecule has 0 spiro atoms. The van der Waals surface area contributed by atoms with Gasteiger partial charge in [0, 0.05) is 11.7 Å². The van der Waals surface area contributed by atoms with E-state index in [2.05, 4.69) is 6.08 Å². The van der Waals surface area contributed by atoms with E-state index in [-0.39, 0.29) is 24.4 Å². The Balaban J connectivity index is 1.37. The molecule has 0 bridgehead atoms. The Morgan fingerprint density at radius 3 is 2.58 bits per heavy atom. The van der Waals surface area contributed by atoms with Crippen LogP contribution in [0.1, 0.15) is 25.3 Å². The number of phenolic OH excluding ortho intramolecular Hbond substituents is 1. The van der Waals surface area contributed by atoms with Crippen LogP contribution in [-0.2, 0) is 14.5 Å². The van der Waals surface area contributed by atoms with E-state index in [9.17, 15) is 18.5 Å². The van der Waals surface area contributed by atoms with E-state index >= 15 is 0 Å². The standard InChI is InChI=1S/C28H29BO6S/c1-19(15-20-12-13-25(30)24-10-6-5-9-23(20)24)11-14-26-28-21(17-34-22-7-3-2-4-8-22)18-36(32,33)27(28)16-29(31)35-26/h2-10,12-13,15,26-27,30-31H,11,14,16-18H2,1H3/b19-15+/t26-,27+/m1/s1. The average Bonchev–Trinajstić information content (AvgIpc) is 3.13. The van der Waals surface area contributed by atoms with Crippen LogP contribution in [0.5, 0.6) is 11.5 Å². The van der Waals surface area contributed by atoms with Gasteiger partial charge in [-0.25, -0.2) is 8.42 Å². The molecule has 0 unspecified atom stereocenters. The van der Waals surface area contributed by atoms with E-state index in [1.807, 2.05) is 67.6 Å². The lowest BCUT2D eigenvalue weighted by Gasteiger charge is -2.32. The highest BCUT2D eigenvalue weighted by Gasteiger charge is 2.48. The summed E-state index contributed by atoms with van der Waals surface area (Å²) in [4.78, 5) is 0. The van der Waals surface area contributed by atoms with Gasteiger partial charge in [-0.2, -0.15) is 0 Å². The van der Waals surface area contributed by atoms with Crippen molar-refractivity contribution in [1.29, 1.82) is 0 Å². The van der Waals surface area contributed by atoms with Crippen LogP contribution in [0.4, 0.5) is 0 Å². The first-order valence-electron chi connectivity index (χ1n) is 12.1. The molecule has 2 aliphatic rings. The van der Waals surface area contributed by atoms with Gasteiger partial charge in [0.2, 0.25) is 0 Å². The lowest BCUT2D eigenvalue weighted by molar-refractivity contribution is 0.168. The molecule has 6 nitrogen and oxygen atoms in total. The van der Waals surface area contributed by atoms with E-state index < -0.39 is 28.3 Å². The van der Waals surface area contributed by atoms with Gasteiger partial charge in [-0.3, -0.25) is 0 Å². The molecular weight excluding hydrogens is 475 g/mol. The Morgan fingerprint density at radius 1 is 1.08 bits per heavy atom. The average molecular weight is 504 g/mol. The topological polar surface area (TPSA) is 93.1 Å². The number of sulfone groups is 1. The summed E-state index contributed by atoms with van der Waals surface area (Å²) in [5.74, 6) is 0.858. The summed E-state index contributed by atoms with van der Waals surface area (Å²) in [6, 6.07) is 20.6. The van der Waals surface area contributed by atoms with Gasteiger partial charge < -0.3 is 19.5 Å².